The number of aromatic nitrogens is 1. The Morgan fingerprint density at radius 3 is 2.69 bits per heavy atom. The van der Waals surface area contributed by atoms with E-state index in [-0.39, 0.29) is 4.75 Å². The molecule has 0 unspecified atom stereocenters. The van der Waals surface area contributed by atoms with E-state index in [1.54, 1.807) is 0 Å². The lowest BCUT2D eigenvalue weighted by Gasteiger charge is -2.17. The first-order valence-corrected chi connectivity index (χ1v) is 5.17. The smallest absolute Gasteiger partial charge is 0.0550 e. The second-order valence-corrected chi connectivity index (χ2v) is 5.80. The number of pyridine rings is 1. The van der Waals surface area contributed by atoms with Gasteiger partial charge >= 0.3 is 0 Å². The summed E-state index contributed by atoms with van der Waals surface area (Å²) in [6.07, 6.45) is 1.82. The van der Waals surface area contributed by atoms with Gasteiger partial charge in [0.15, 0.2) is 0 Å². The number of nitrogens with zero attached hydrogens (tertiary/aromatic N) is 1. The Morgan fingerprint density at radius 2 is 2.15 bits per heavy atom. The van der Waals surface area contributed by atoms with Gasteiger partial charge in [0.05, 0.1) is 5.69 Å². The van der Waals surface area contributed by atoms with Crippen molar-refractivity contribution in [1.82, 2.24) is 4.98 Å². The zero-order chi connectivity index (χ0) is 9.90. The van der Waals surface area contributed by atoms with Crippen LogP contribution in [0.3, 0.4) is 0 Å². The first kappa shape index (κ1) is 10.5. The summed E-state index contributed by atoms with van der Waals surface area (Å²) in [5, 5.41) is 0. The van der Waals surface area contributed by atoms with Gasteiger partial charge in [0.25, 0.3) is 0 Å². The SMILES string of the molecule is CC(C)(C)Sc1ccnc(CN)c1. The maximum absolute atomic E-state index is 5.51. The predicted octanol–water partition coefficient (Wildman–Crippen LogP) is 2.43. The van der Waals surface area contributed by atoms with E-state index in [2.05, 4.69) is 31.8 Å². The van der Waals surface area contributed by atoms with E-state index in [1.165, 1.54) is 4.90 Å². The molecule has 13 heavy (non-hydrogen) atoms. The van der Waals surface area contributed by atoms with Crippen molar-refractivity contribution in [2.24, 2.45) is 5.73 Å². The lowest BCUT2D eigenvalue weighted by atomic mass is 10.3. The van der Waals surface area contributed by atoms with E-state index >= 15 is 0 Å². The molecule has 2 nitrogen and oxygen atoms in total. The summed E-state index contributed by atoms with van der Waals surface area (Å²) in [5.41, 5.74) is 6.46. The van der Waals surface area contributed by atoms with E-state index in [9.17, 15) is 0 Å². The van der Waals surface area contributed by atoms with Crippen LogP contribution in [0.4, 0.5) is 0 Å². The normalized spacial score (nSPS) is 11.7. The molecule has 0 radical (unpaired) electrons. The summed E-state index contributed by atoms with van der Waals surface area (Å²) in [7, 11) is 0. The fraction of sp³-hybridized carbons (Fsp3) is 0.500. The molecule has 1 aromatic rings. The Kier molecular flexibility index (Phi) is 3.33. The third-order valence-corrected chi connectivity index (χ3v) is 2.52. The highest BCUT2D eigenvalue weighted by molar-refractivity contribution is 8.00. The van der Waals surface area contributed by atoms with Gasteiger partial charge in [0.2, 0.25) is 0 Å². The van der Waals surface area contributed by atoms with Gasteiger partial charge < -0.3 is 5.73 Å². The zero-order valence-corrected chi connectivity index (χ0v) is 9.19. The number of rotatable bonds is 2. The summed E-state index contributed by atoms with van der Waals surface area (Å²) in [5.74, 6) is 0. The van der Waals surface area contributed by atoms with Crippen molar-refractivity contribution < 1.29 is 0 Å². The molecule has 2 N–H and O–H groups in total. The average molecular weight is 196 g/mol. The molecule has 0 saturated carbocycles. The van der Waals surface area contributed by atoms with Gasteiger partial charge in [0.1, 0.15) is 0 Å². The third-order valence-electron chi connectivity index (χ3n) is 1.42. The van der Waals surface area contributed by atoms with Crippen LogP contribution in [0.5, 0.6) is 0 Å². The Bertz CT molecular complexity index is 278. The molecule has 0 aliphatic rings. The minimum Gasteiger partial charge on any atom is -0.325 e. The highest BCUT2D eigenvalue weighted by atomic mass is 32.2. The van der Waals surface area contributed by atoms with E-state index < -0.39 is 0 Å². The van der Waals surface area contributed by atoms with E-state index in [0.29, 0.717) is 6.54 Å². The molecule has 1 heterocycles. The average Bonchev–Trinajstić information content (AvgIpc) is 2.01. The molecule has 0 aromatic carbocycles. The minimum absolute atomic E-state index is 0.243. The molecule has 3 heteroatoms. The van der Waals surface area contributed by atoms with Gasteiger partial charge in [-0.2, -0.15) is 0 Å². The zero-order valence-electron chi connectivity index (χ0n) is 8.37. The van der Waals surface area contributed by atoms with Gasteiger partial charge in [-0.3, -0.25) is 4.98 Å². The topological polar surface area (TPSA) is 38.9 Å². The van der Waals surface area contributed by atoms with Crippen LogP contribution in [0.25, 0.3) is 0 Å². The fourth-order valence-corrected chi connectivity index (χ4v) is 2.02. The largest absolute Gasteiger partial charge is 0.325 e. The quantitative estimate of drug-likeness (QED) is 0.738. The molecule has 1 rings (SSSR count). The first-order valence-electron chi connectivity index (χ1n) is 4.35. The first-order chi connectivity index (χ1) is 6.01. The Labute approximate surface area is 83.9 Å². The van der Waals surface area contributed by atoms with Crippen LogP contribution in [0.1, 0.15) is 26.5 Å². The molecule has 0 fully saturated rings. The van der Waals surface area contributed by atoms with Crippen LogP contribution < -0.4 is 5.73 Å². The molecule has 1 aromatic heterocycles. The maximum atomic E-state index is 5.51. The van der Waals surface area contributed by atoms with Crippen LogP contribution in [-0.2, 0) is 6.54 Å². The predicted molar refractivity (Wildman–Crippen MR) is 57.7 cm³/mol. The number of hydrogen-bond acceptors (Lipinski definition) is 3. The summed E-state index contributed by atoms with van der Waals surface area (Å²) < 4.78 is 0.243. The van der Waals surface area contributed by atoms with Crippen LogP contribution in [-0.4, -0.2) is 9.73 Å². The molecule has 0 bridgehead atoms. The van der Waals surface area contributed by atoms with Crippen LogP contribution in [0, 0.1) is 0 Å². The molecule has 0 aliphatic carbocycles. The van der Waals surface area contributed by atoms with E-state index in [4.69, 9.17) is 5.73 Å². The Morgan fingerprint density at radius 1 is 1.46 bits per heavy atom. The third kappa shape index (κ3) is 3.79. The van der Waals surface area contributed by atoms with Crippen LogP contribution in [0.2, 0.25) is 0 Å². The number of hydrogen-bond donors (Lipinski definition) is 1. The maximum Gasteiger partial charge on any atom is 0.0550 e. The van der Waals surface area contributed by atoms with Crippen molar-refractivity contribution in [1.29, 1.82) is 0 Å². The monoisotopic (exact) mass is 196 g/mol. The molecule has 72 valence electrons. The number of nitrogens with two attached hydrogens (primary N) is 1. The van der Waals surface area contributed by atoms with Gasteiger partial charge in [-0.1, -0.05) is 20.8 Å². The molecular weight excluding hydrogens is 180 g/mol. The molecule has 0 aliphatic heterocycles. The summed E-state index contributed by atoms with van der Waals surface area (Å²) >= 11 is 1.83. The summed E-state index contributed by atoms with van der Waals surface area (Å²) in [4.78, 5) is 5.39. The highest BCUT2D eigenvalue weighted by Gasteiger charge is 2.11. The lowest BCUT2D eigenvalue weighted by molar-refractivity contribution is 0.802. The highest BCUT2D eigenvalue weighted by Crippen LogP contribution is 2.31. The molecule has 0 atom stereocenters. The van der Waals surface area contributed by atoms with Crippen molar-refractivity contribution in [2.45, 2.75) is 37.0 Å². The van der Waals surface area contributed by atoms with Gasteiger partial charge in [-0.25, -0.2) is 0 Å². The molecular formula is C10H16N2S. The fourth-order valence-electron chi connectivity index (χ4n) is 0.985. The van der Waals surface area contributed by atoms with Crippen molar-refractivity contribution in [2.75, 3.05) is 0 Å². The van der Waals surface area contributed by atoms with Crippen molar-refractivity contribution in [3.63, 3.8) is 0 Å². The standard InChI is InChI=1S/C10H16N2S/c1-10(2,3)13-9-4-5-12-8(6-9)7-11/h4-6H,7,11H2,1-3H3. The van der Waals surface area contributed by atoms with Gasteiger partial charge in [-0.15, -0.1) is 11.8 Å². The molecule has 0 saturated heterocycles. The lowest BCUT2D eigenvalue weighted by Crippen LogP contribution is -2.07. The number of thioether (sulfide) groups is 1. The van der Waals surface area contributed by atoms with Gasteiger partial charge in [-0.05, 0) is 12.1 Å². The Balaban J connectivity index is 2.78. The van der Waals surface area contributed by atoms with Crippen LogP contribution in [0.15, 0.2) is 23.2 Å². The summed E-state index contributed by atoms with van der Waals surface area (Å²) in [6, 6.07) is 4.07. The van der Waals surface area contributed by atoms with Crippen molar-refractivity contribution in [3.8, 4) is 0 Å². The Hall–Kier alpha value is -0.540. The molecule has 0 amide bonds. The van der Waals surface area contributed by atoms with Crippen LogP contribution >= 0.6 is 11.8 Å². The molecule has 0 spiro atoms. The summed E-state index contributed by atoms with van der Waals surface area (Å²) in [6.45, 7) is 7.10. The van der Waals surface area contributed by atoms with E-state index in [1.807, 2.05) is 24.0 Å². The van der Waals surface area contributed by atoms with Crippen molar-refractivity contribution in [3.05, 3.63) is 24.0 Å². The minimum atomic E-state index is 0.243. The second kappa shape index (κ2) is 4.11. The van der Waals surface area contributed by atoms with Crippen molar-refractivity contribution >= 4 is 11.8 Å². The van der Waals surface area contributed by atoms with Gasteiger partial charge in [0, 0.05) is 22.4 Å². The second-order valence-electron chi connectivity index (χ2n) is 3.90. The van der Waals surface area contributed by atoms with E-state index in [0.717, 1.165) is 5.69 Å².